The van der Waals surface area contributed by atoms with Crippen LogP contribution in [0.4, 0.5) is 0 Å². The molecule has 2 aromatic rings. The second-order valence-corrected chi connectivity index (χ2v) is 3.51. The van der Waals surface area contributed by atoms with Gasteiger partial charge in [0.1, 0.15) is 12.7 Å². The second-order valence-electron chi connectivity index (χ2n) is 2.57. The van der Waals surface area contributed by atoms with E-state index in [-0.39, 0.29) is 0 Å². The highest BCUT2D eigenvalue weighted by atomic mass is 32.1. The van der Waals surface area contributed by atoms with Crippen molar-refractivity contribution >= 4 is 17.6 Å². The van der Waals surface area contributed by atoms with Gasteiger partial charge in [0.2, 0.25) is 0 Å². The Bertz CT molecular complexity index is 393. The Morgan fingerprint density at radius 2 is 2.54 bits per heavy atom. The van der Waals surface area contributed by atoms with E-state index in [1.54, 1.807) is 11.0 Å². The van der Waals surface area contributed by atoms with Crippen LogP contribution in [-0.4, -0.2) is 21.1 Å². The first-order chi connectivity index (χ1) is 6.38. The molecular weight excluding hydrogens is 186 g/mol. The van der Waals surface area contributed by atoms with Crippen molar-refractivity contribution in [1.82, 2.24) is 14.8 Å². The molecule has 2 rings (SSSR count). The summed E-state index contributed by atoms with van der Waals surface area (Å²) in [5.74, 6) is 0. The number of nitrogens with zero attached hydrogens (tertiary/aromatic N) is 3. The Labute approximate surface area is 78.8 Å². The molecule has 0 saturated heterocycles. The van der Waals surface area contributed by atoms with E-state index < -0.39 is 0 Å². The zero-order valence-corrected chi connectivity index (χ0v) is 7.57. The molecule has 5 heteroatoms. The topological polar surface area (TPSA) is 47.8 Å². The highest BCUT2D eigenvalue weighted by Gasteiger charge is 1.99. The van der Waals surface area contributed by atoms with Gasteiger partial charge in [-0.3, -0.25) is 4.79 Å². The van der Waals surface area contributed by atoms with Crippen LogP contribution >= 0.6 is 11.3 Å². The molecule has 0 unspecified atom stereocenters. The minimum atomic E-state index is 0.671. The smallest absolute Gasteiger partial charge is 0.160 e. The quantitative estimate of drug-likeness (QED) is 0.688. The van der Waals surface area contributed by atoms with Crippen LogP contribution in [0.2, 0.25) is 0 Å². The molecule has 0 fully saturated rings. The number of thiophene rings is 1. The third kappa shape index (κ3) is 1.81. The summed E-state index contributed by atoms with van der Waals surface area (Å²) in [6, 6.07) is 1.86. The van der Waals surface area contributed by atoms with E-state index in [2.05, 4.69) is 10.1 Å². The fourth-order valence-electron chi connectivity index (χ4n) is 1.04. The number of aldehydes is 1. The van der Waals surface area contributed by atoms with Crippen molar-refractivity contribution in [3.05, 3.63) is 34.5 Å². The van der Waals surface area contributed by atoms with Gasteiger partial charge < -0.3 is 0 Å². The van der Waals surface area contributed by atoms with Crippen molar-refractivity contribution in [2.75, 3.05) is 0 Å². The van der Waals surface area contributed by atoms with Crippen LogP contribution in [-0.2, 0) is 6.54 Å². The maximum Gasteiger partial charge on any atom is 0.160 e. The molecule has 0 radical (unpaired) electrons. The van der Waals surface area contributed by atoms with Crippen LogP contribution < -0.4 is 0 Å². The standard InChI is InChI=1S/C8H7N3OS/c12-3-8-1-7(4-13-8)2-11-6-9-5-10-11/h1,3-6H,2H2. The van der Waals surface area contributed by atoms with Gasteiger partial charge in [-0.25, -0.2) is 9.67 Å². The Kier molecular flexibility index (Phi) is 2.18. The molecule has 0 aliphatic rings. The maximum absolute atomic E-state index is 10.4. The van der Waals surface area contributed by atoms with Crippen molar-refractivity contribution in [3.63, 3.8) is 0 Å². The highest BCUT2D eigenvalue weighted by Crippen LogP contribution is 2.12. The molecule has 0 aromatic carbocycles. The zero-order valence-electron chi connectivity index (χ0n) is 6.75. The third-order valence-corrected chi connectivity index (χ3v) is 2.51. The van der Waals surface area contributed by atoms with Gasteiger partial charge in [0.25, 0.3) is 0 Å². The van der Waals surface area contributed by atoms with Gasteiger partial charge >= 0.3 is 0 Å². The van der Waals surface area contributed by atoms with Crippen molar-refractivity contribution in [1.29, 1.82) is 0 Å². The van der Waals surface area contributed by atoms with Crippen LogP contribution in [0, 0.1) is 0 Å². The summed E-state index contributed by atoms with van der Waals surface area (Å²) in [4.78, 5) is 15.0. The van der Waals surface area contributed by atoms with Crippen molar-refractivity contribution in [3.8, 4) is 0 Å². The summed E-state index contributed by atoms with van der Waals surface area (Å²) in [5, 5.41) is 5.92. The van der Waals surface area contributed by atoms with Gasteiger partial charge in [-0.1, -0.05) is 0 Å². The lowest BCUT2D eigenvalue weighted by Crippen LogP contribution is -1.98. The molecule has 2 aromatic heterocycles. The van der Waals surface area contributed by atoms with E-state index in [0.717, 1.165) is 16.7 Å². The number of hydrogen-bond donors (Lipinski definition) is 0. The van der Waals surface area contributed by atoms with Gasteiger partial charge in [-0.05, 0) is 17.0 Å². The summed E-state index contributed by atoms with van der Waals surface area (Å²) in [6.07, 6.45) is 4.00. The summed E-state index contributed by atoms with van der Waals surface area (Å²) < 4.78 is 1.72. The minimum absolute atomic E-state index is 0.671. The van der Waals surface area contributed by atoms with Gasteiger partial charge in [-0.15, -0.1) is 11.3 Å². The average Bonchev–Trinajstić information content (AvgIpc) is 2.76. The highest BCUT2D eigenvalue weighted by molar-refractivity contribution is 7.11. The molecule has 0 N–H and O–H groups in total. The number of hydrogen-bond acceptors (Lipinski definition) is 4. The van der Waals surface area contributed by atoms with Crippen LogP contribution in [0.15, 0.2) is 24.1 Å². The van der Waals surface area contributed by atoms with Crippen molar-refractivity contribution in [2.45, 2.75) is 6.54 Å². The van der Waals surface area contributed by atoms with E-state index in [1.165, 1.54) is 17.7 Å². The van der Waals surface area contributed by atoms with Crippen molar-refractivity contribution < 1.29 is 4.79 Å². The van der Waals surface area contributed by atoms with E-state index in [4.69, 9.17) is 0 Å². The predicted octanol–water partition coefficient (Wildman–Crippen LogP) is 1.20. The molecule has 2 heterocycles. The third-order valence-electron chi connectivity index (χ3n) is 1.60. The largest absolute Gasteiger partial charge is 0.297 e. The lowest BCUT2D eigenvalue weighted by Gasteiger charge is -1.94. The van der Waals surface area contributed by atoms with E-state index in [9.17, 15) is 4.79 Å². The first-order valence-electron chi connectivity index (χ1n) is 3.73. The SMILES string of the molecule is O=Cc1cc(Cn2cncn2)cs1. The molecule has 0 saturated carbocycles. The van der Waals surface area contributed by atoms with E-state index in [1.807, 2.05) is 11.4 Å². The Hall–Kier alpha value is -1.49. The molecule has 0 amide bonds. The van der Waals surface area contributed by atoms with E-state index >= 15 is 0 Å². The molecule has 0 aliphatic carbocycles. The fraction of sp³-hybridized carbons (Fsp3) is 0.125. The molecule has 66 valence electrons. The average molecular weight is 193 g/mol. The lowest BCUT2D eigenvalue weighted by molar-refractivity contribution is 0.112. The van der Waals surface area contributed by atoms with Crippen molar-refractivity contribution in [2.24, 2.45) is 0 Å². The number of carbonyl (C=O) groups is 1. The summed E-state index contributed by atoms with van der Waals surface area (Å²) in [7, 11) is 0. The monoisotopic (exact) mass is 193 g/mol. The number of rotatable bonds is 3. The Morgan fingerprint density at radius 1 is 1.62 bits per heavy atom. The first kappa shape index (κ1) is 8.12. The molecule has 0 atom stereocenters. The molecule has 0 spiro atoms. The Balaban J connectivity index is 2.14. The molecule has 0 aliphatic heterocycles. The van der Waals surface area contributed by atoms with Gasteiger partial charge in [0.15, 0.2) is 6.29 Å². The maximum atomic E-state index is 10.4. The fourth-order valence-corrected chi connectivity index (χ4v) is 1.75. The predicted molar refractivity (Wildman–Crippen MR) is 48.8 cm³/mol. The number of aromatic nitrogens is 3. The zero-order chi connectivity index (χ0) is 9.10. The molecule has 0 bridgehead atoms. The summed E-state index contributed by atoms with van der Waals surface area (Å²) in [6.45, 7) is 0.671. The van der Waals surface area contributed by atoms with E-state index in [0.29, 0.717) is 6.54 Å². The normalized spacial score (nSPS) is 10.2. The van der Waals surface area contributed by atoms with Gasteiger partial charge in [0.05, 0.1) is 11.4 Å². The Morgan fingerprint density at radius 3 is 3.15 bits per heavy atom. The number of carbonyl (C=O) groups excluding carboxylic acids is 1. The lowest BCUT2D eigenvalue weighted by atomic mass is 10.3. The van der Waals surface area contributed by atoms with Gasteiger partial charge in [0, 0.05) is 0 Å². The van der Waals surface area contributed by atoms with Gasteiger partial charge in [-0.2, -0.15) is 5.10 Å². The first-order valence-corrected chi connectivity index (χ1v) is 4.61. The van der Waals surface area contributed by atoms with Crippen LogP contribution in [0.1, 0.15) is 15.2 Å². The summed E-state index contributed by atoms with van der Waals surface area (Å²) in [5.41, 5.74) is 1.08. The van der Waals surface area contributed by atoms with Crippen LogP contribution in [0.3, 0.4) is 0 Å². The van der Waals surface area contributed by atoms with Crippen LogP contribution in [0.25, 0.3) is 0 Å². The second kappa shape index (κ2) is 3.49. The minimum Gasteiger partial charge on any atom is -0.297 e. The van der Waals surface area contributed by atoms with Crippen LogP contribution in [0.5, 0.6) is 0 Å². The molecule has 4 nitrogen and oxygen atoms in total. The molecule has 13 heavy (non-hydrogen) atoms. The molecular formula is C8H7N3OS. The summed E-state index contributed by atoms with van der Waals surface area (Å²) >= 11 is 1.44.